The van der Waals surface area contributed by atoms with E-state index in [0.29, 0.717) is 6.54 Å². The van der Waals surface area contributed by atoms with Crippen LogP contribution in [0, 0.1) is 0 Å². The van der Waals surface area contributed by atoms with Crippen molar-refractivity contribution in [3.05, 3.63) is 21.9 Å². The Balaban J connectivity index is 1.63. The van der Waals surface area contributed by atoms with E-state index in [4.69, 9.17) is 4.74 Å². The molecule has 0 fully saturated rings. The minimum absolute atomic E-state index is 0.0260. The van der Waals surface area contributed by atoms with E-state index in [1.165, 1.54) is 10.4 Å². The first-order chi connectivity index (χ1) is 9.15. The van der Waals surface area contributed by atoms with Crippen molar-refractivity contribution in [3.8, 4) is 0 Å². The molecule has 1 N–H and O–H groups in total. The Bertz CT molecular complexity index is 417. The summed E-state index contributed by atoms with van der Waals surface area (Å²) < 4.78 is 5.26. The van der Waals surface area contributed by atoms with Gasteiger partial charge in [-0.2, -0.15) is 0 Å². The van der Waals surface area contributed by atoms with Crippen molar-refractivity contribution in [2.75, 3.05) is 26.2 Å². The van der Waals surface area contributed by atoms with Crippen molar-refractivity contribution < 1.29 is 9.53 Å². The smallest absolute Gasteiger partial charge is 0.246 e. The zero-order valence-electron chi connectivity index (χ0n) is 11.6. The minimum Gasteiger partial charge on any atom is -0.369 e. The first-order valence-corrected chi connectivity index (χ1v) is 7.69. The Kier molecular flexibility index (Phi) is 5.36. The molecule has 0 saturated carbocycles. The van der Waals surface area contributed by atoms with E-state index >= 15 is 0 Å². The second-order valence-electron chi connectivity index (χ2n) is 5.10. The average Bonchev–Trinajstić information content (AvgIpc) is 2.83. The molecule has 2 heterocycles. The summed E-state index contributed by atoms with van der Waals surface area (Å²) in [5, 5.41) is 5.07. The molecule has 0 unspecified atom stereocenters. The molecule has 5 heteroatoms. The lowest BCUT2D eigenvalue weighted by atomic mass is 10.1. The molecule has 1 amide bonds. The number of ether oxygens (including phenoxy) is 1. The summed E-state index contributed by atoms with van der Waals surface area (Å²) in [7, 11) is 0. The largest absolute Gasteiger partial charge is 0.369 e. The van der Waals surface area contributed by atoms with Crippen LogP contribution in [0.15, 0.2) is 11.4 Å². The second kappa shape index (κ2) is 7.03. The average molecular weight is 282 g/mol. The third-order valence-corrected chi connectivity index (χ3v) is 4.21. The highest BCUT2D eigenvalue weighted by Crippen LogP contribution is 2.23. The maximum absolute atomic E-state index is 11.5. The molecule has 2 rings (SSSR count). The van der Waals surface area contributed by atoms with Crippen molar-refractivity contribution in [2.24, 2.45) is 0 Å². The number of nitrogens with one attached hydrogen (secondary N) is 1. The van der Waals surface area contributed by atoms with Gasteiger partial charge in [-0.1, -0.05) is 0 Å². The van der Waals surface area contributed by atoms with Gasteiger partial charge < -0.3 is 10.1 Å². The molecule has 4 nitrogen and oxygen atoms in total. The number of hydrogen-bond acceptors (Lipinski definition) is 4. The van der Waals surface area contributed by atoms with Crippen LogP contribution in [0.3, 0.4) is 0 Å². The van der Waals surface area contributed by atoms with Crippen molar-refractivity contribution in [1.29, 1.82) is 0 Å². The van der Waals surface area contributed by atoms with Gasteiger partial charge in [-0.3, -0.25) is 9.69 Å². The van der Waals surface area contributed by atoms with E-state index in [1.807, 2.05) is 25.2 Å². The lowest BCUT2D eigenvalue weighted by molar-refractivity contribution is -0.127. The summed E-state index contributed by atoms with van der Waals surface area (Å²) in [6, 6.07) is 2.21. The molecular formula is C14H22N2O2S. The Hall–Kier alpha value is -0.910. The van der Waals surface area contributed by atoms with Crippen LogP contribution in [-0.4, -0.2) is 43.2 Å². The molecule has 1 aliphatic rings. The fourth-order valence-electron chi connectivity index (χ4n) is 2.14. The molecule has 0 atom stereocenters. The summed E-state index contributed by atoms with van der Waals surface area (Å²) in [5.41, 5.74) is 1.45. The molecule has 0 radical (unpaired) electrons. The number of thiophene rings is 1. The highest BCUT2D eigenvalue weighted by Gasteiger charge is 2.16. The second-order valence-corrected chi connectivity index (χ2v) is 6.11. The van der Waals surface area contributed by atoms with Gasteiger partial charge in [0.25, 0.3) is 0 Å². The molecule has 0 spiro atoms. The zero-order valence-corrected chi connectivity index (χ0v) is 12.5. The van der Waals surface area contributed by atoms with Gasteiger partial charge >= 0.3 is 0 Å². The lowest BCUT2D eigenvalue weighted by Gasteiger charge is -2.26. The summed E-state index contributed by atoms with van der Waals surface area (Å²) >= 11 is 1.85. The van der Waals surface area contributed by atoms with Crippen LogP contribution in [0.4, 0.5) is 0 Å². The summed E-state index contributed by atoms with van der Waals surface area (Å²) in [6.07, 6.45) is 1.24. The van der Waals surface area contributed by atoms with Gasteiger partial charge in [0, 0.05) is 31.1 Å². The number of carbonyl (C=O) groups is 1. The van der Waals surface area contributed by atoms with E-state index in [1.54, 1.807) is 0 Å². The van der Waals surface area contributed by atoms with Crippen molar-refractivity contribution in [3.63, 3.8) is 0 Å². The fraction of sp³-hybridized carbons (Fsp3) is 0.643. The summed E-state index contributed by atoms with van der Waals surface area (Å²) in [5.74, 6) is -0.0260. The lowest BCUT2D eigenvalue weighted by Crippen LogP contribution is -2.38. The summed E-state index contributed by atoms with van der Waals surface area (Å²) in [4.78, 5) is 15.4. The van der Waals surface area contributed by atoms with Crippen LogP contribution in [0.25, 0.3) is 0 Å². The van der Waals surface area contributed by atoms with Crippen LogP contribution < -0.4 is 5.32 Å². The first kappa shape index (κ1) is 14.5. The third kappa shape index (κ3) is 4.60. The van der Waals surface area contributed by atoms with Gasteiger partial charge in [-0.15, -0.1) is 11.3 Å². The number of amides is 1. The Labute approximate surface area is 118 Å². The maximum atomic E-state index is 11.5. The first-order valence-electron chi connectivity index (χ1n) is 6.81. The molecule has 1 aromatic heterocycles. The topological polar surface area (TPSA) is 41.6 Å². The van der Waals surface area contributed by atoms with Crippen molar-refractivity contribution in [1.82, 2.24) is 10.2 Å². The Morgan fingerprint density at radius 1 is 1.58 bits per heavy atom. The van der Waals surface area contributed by atoms with E-state index in [9.17, 15) is 4.79 Å². The molecule has 1 aromatic rings. The number of carbonyl (C=O) groups excluding carboxylic acids is 1. The van der Waals surface area contributed by atoms with Gasteiger partial charge in [0.15, 0.2) is 0 Å². The van der Waals surface area contributed by atoms with E-state index in [2.05, 4.69) is 21.7 Å². The minimum atomic E-state index is -0.0260. The zero-order chi connectivity index (χ0) is 13.7. The van der Waals surface area contributed by atoms with Crippen LogP contribution in [0.1, 0.15) is 24.3 Å². The molecular weight excluding hydrogens is 260 g/mol. The van der Waals surface area contributed by atoms with Gasteiger partial charge in [0.1, 0.15) is 6.61 Å². The quantitative estimate of drug-likeness (QED) is 0.862. The van der Waals surface area contributed by atoms with E-state index < -0.39 is 0 Å². The number of nitrogens with zero attached hydrogens (tertiary/aromatic N) is 1. The van der Waals surface area contributed by atoms with Crippen molar-refractivity contribution in [2.45, 2.75) is 32.9 Å². The SMILES string of the molecule is CC(C)OCC(=O)NCCN1CCc2sccc2C1. The number of hydrogen-bond donors (Lipinski definition) is 1. The summed E-state index contributed by atoms with van der Waals surface area (Å²) in [6.45, 7) is 7.72. The van der Waals surface area contributed by atoms with Gasteiger partial charge in [-0.05, 0) is 37.3 Å². The van der Waals surface area contributed by atoms with Crippen LogP contribution >= 0.6 is 11.3 Å². The molecule has 0 bridgehead atoms. The number of rotatable bonds is 6. The van der Waals surface area contributed by atoms with E-state index in [0.717, 1.165) is 26.1 Å². The highest BCUT2D eigenvalue weighted by atomic mass is 32.1. The standard InChI is InChI=1S/C14H22N2O2S/c1-11(2)18-10-14(17)15-5-7-16-6-3-13-12(9-16)4-8-19-13/h4,8,11H,3,5-7,9-10H2,1-2H3,(H,15,17). The van der Waals surface area contributed by atoms with Crippen LogP contribution in [-0.2, 0) is 22.5 Å². The number of fused-ring (bicyclic) bond motifs is 1. The molecule has 19 heavy (non-hydrogen) atoms. The predicted molar refractivity (Wildman–Crippen MR) is 77.4 cm³/mol. The normalized spacial score (nSPS) is 15.5. The van der Waals surface area contributed by atoms with Crippen LogP contribution in [0.5, 0.6) is 0 Å². The van der Waals surface area contributed by atoms with Crippen LogP contribution in [0.2, 0.25) is 0 Å². The highest BCUT2D eigenvalue weighted by molar-refractivity contribution is 7.10. The fourth-order valence-corrected chi connectivity index (χ4v) is 3.03. The molecule has 0 aliphatic carbocycles. The third-order valence-electron chi connectivity index (χ3n) is 3.18. The molecule has 0 aromatic carbocycles. The van der Waals surface area contributed by atoms with Gasteiger partial charge in [0.2, 0.25) is 5.91 Å². The van der Waals surface area contributed by atoms with Crippen molar-refractivity contribution >= 4 is 17.2 Å². The van der Waals surface area contributed by atoms with E-state index in [-0.39, 0.29) is 18.6 Å². The molecule has 0 saturated heterocycles. The molecule has 106 valence electrons. The predicted octanol–water partition coefficient (Wildman–Crippen LogP) is 1.65. The monoisotopic (exact) mass is 282 g/mol. The van der Waals surface area contributed by atoms with Gasteiger partial charge in [-0.25, -0.2) is 0 Å². The molecule has 1 aliphatic heterocycles. The van der Waals surface area contributed by atoms with Gasteiger partial charge in [0.05, 0.1) is 6.10 Å². The maximum Gasteiger partial charge on any atom is 0.246 e. The Morgan fingerprint density at radius 3 is 3.21 bits per heavy atom. The Morgan fingerprint density at radius 2 is 2.42 bits per heavy atom.